The number of hydrogen-bond donors (Lipinski definition) is 1. The molecule has 0 bridgehead atoms. The fourth-order valence-electron chi connectivity index (χ4n) is 4.45. The third kappa shape index (κ3) is 6.09. The van der Waals surface area contributed by atoms with E-state index in [4.69, 9.17) is 14.7 Å². The van der Waals surface area contributed by atoms with Crippen LogP contribution < -0.4 is 10.3 Å². The number of fused-ring (bicyclic) bond motifs is 1. The number of ether oxygens (including phenoxy) is 2. The number of pyridine rings is 2. The molecule has 218 valence electrons. The molecule has 0 amide bonds. The fourth-order valence-corrected chi connectivity index (χ4v) is 4.45. The highest BCUT2D eigenvalue weighted by Crippen LogP contribution is 2.25. The summed E-state index contributed by atoms with van der Waals surface area (Å²) in [5, 5.41) is 18.2. The van der Waals surface area contributed by atoms with Crippen molar-refractivity contribution < 1.29 is 32.5 Å². The number of hydrogen-bond acceptors (Lipinski definition) is 7. The Morgan fingerprint density at radius 3 is 2.58 bits per heavy atom. The third-order valence-electron chi connectivity index (χ3n) is 6.60. The van der Waals surface area contributed by atoms with Gasteiger partial charge in [-0.2, -0.15) is 5.26 Å². The lowest BCUT2D eigenvalue weighted by Gasteiger charge is -2.12. The number of benzene rings is 2. The summed E-state index contributed by atoms with van der Waals surface area (Å²) in [7, 11) is 1.46. The minimum absolute atomic E-state index is 0.0551. The summed E-state index contributed by atoms with van der Waals surface area (Å²) in [4.78, 5) is 33.0. The van der Waals surface area contributed by atoms with Crippen molar-refractivity contribution in [2.45, 2.75) is 19.7 Å². The van der Waals surface area contributed by atoms with Crippen molar-refractivity contribution in [2.75, 3.05) is 13.7 Å². The maximum Gasteiger partial charge on any atom is 0.335 e. The van der Waals surface area contributed by atoms with E-state index in [0.29, 0.717) is 0 Å². The molecule has 0 spiro atoms. The highest BCUT2D eigenvalue weighted by atomic mass is 19.1. The predicted octanol–water partition coefficient (Wildman–Crippen LogP) is 4.52. The molecule has 3 heterocycles. The molecule has 0 atom stereocenters. The first kappa shape index (κ1) is 29.0. The average Bonchev–Trinajstić information content (AvgIpc) is 3.34. The van der Waals surface area contributed by atoms with Gasteiger partial charge in [-0.25, -0.2) is 27.9 Å². The maximum absolute atomic E-state index is 15.4. The predicted molar refractivity (Wildman–Crippen MR) is 147 cm³/mol. The van der Waals surface area contributed by atoms with Crippen LogP contribution >= 0.6 is 0 Å². The Bertz CT molecular complexity index is 1960. The molecule has 0 saturated heterocycles. The fraction of sp³-hybridized carbons (Fsp3) is 0.167. The first-order valence-electron chi connectivity index (χ1n) is 12.8. The highest BCUT2D eigenvalue weighted by molar-refractivity contribution is 5.92. The molecule has 10 nitrogen and oxygen atoms in total. The van der Waals surface area contributed by atoms with Crippen LogP contribution in [0.3, 0.4) is 0 Å². The molecule has 13 heteroatoms. The summed E-state index contributed by atoms with van der Waals surface area (Å²) in [5.41, 5.74) is -0.449. The van der Waals surface area contributed by atoms with E-state index in [9.17, 15) is 23.5 Å². The van der Waals surface area contributed by atoms with Gasteiger partial charge in [-0.15, -0.1) is 0 Å². The Morgan fingerprint density at radius 1 is 1.05 bits per heavy atom. The lowest BCUT2D eigenvalue weighted by atomic mass is 10.1. The molecular formula is C30H22F3N5O5. The van der Waals surface area contributed by atoms with Gasteiger partial charge in [-0.05, 0) is 30.3 Å². The Balaban J connectivity index is 1.43. The van der Waals surface area contributed by atoms with Crippen molar-refractivity contribution in [1.82, 2.24) is 19.1 Å². The number of carboxylic acids is 1. The molecule has 0 unspecified atom stereocenters. The van der Waals surface area contributed by atoms with Crippen LogP contribution in [0.2, 0.25) is 0 Å². The zero-order valence-electron chi connectivity index (χ0n) is 22.6. The summed E-state index contributed by atoms with van der Waals surface area (Å²) in [6.07, 6.45) is 0.970. The van der Waals surface area contributed by atoms with Crippen LogP contribution in [0.25, 0.3) is 22.3 Å². The normalized spacial score (nSPS) is 11.0. The van der Waals surface area contributed by atoms with Gasteiger partial charge in [0.2, 0.25) is 5.88 Å². The molecule has 43 heavy (non-hydrogen) atoms. The van der Waals surface area contributed by atoms with Crippen molar-refractivity contribution >= 4 is 17.0 Å². The van der Waals surface area contributed by atoms with Crippen molar-refractivity contribution in [2.24, 2.45) is 0 Å². The molecule has 3 aromatic heterocycles. The van der Waals surface area contributed by atoms with Crippen LogP contribution in [0.4, 0.5) is 13.2 Å². The Morgan fingerprint density at radius 2 is 1.86 bits per heavy atom. The first-order chi connectivity index (χ1) is 20.7. The van der Waals surface area contributed by atoms with Crippen molar-refractivity contribution in [3.8, 4) is 23.2 Å². The van der Waals surface area contributed by atoms with Crippen LogP contribution in [0.15, 0.2) is 65.6 Å². The van der Waals surface area contributed by atoms with Gasteiger partial charge in [0.15, 0.2) is 5.82 Å². The third-order valence-corrected chi connectivity index (χ3v) is 6.60. The van der Waals surface area contributed by atoms with E-state index in [0.717, 1.165) is 29.0 Å². The topological polar surface area (TPSA) is 132 Å². The molecule has 2 aromatic carbocycles. The zero-order chi connectivity index (χ0) is 30.7. The number of aromatic nitrogens is 4. The van der Waals surface area contributed by atoms with Crippen LogP contribution in [0.1, 0.15) is 27.3 Å². The van der Waals surface area contributed by atoms with E-state index >= 15 is 4.39 Å². The van der Waals surface area contributed by atoms with Gasteiger partial charge in [-0.1, -0.05) is 12.1 Å². The number of nitrogens with zero attached hydrogens (tertiary/aromatic N) is 5. The van der Waals surface area contributed by atoms with Crippen LogP contribution in [0.5, 0.6) is 5.88 Å². The highest BCUT2D eigenvalue weighted by Gasteiger charge is 2.19. The van der Waals surface area contributed by atoms with E-state index in [-0.39, 0.29) is 77.0 Å². The second-order valence-electron chi connectivity index (χ2n) is 9.37. The van der Waals surface area contributed by atoms with E-state index in [2.05, 4.69) is 9.97 Å². The van der Waals surface area contributed by atoms with Gasteiger partial charge in [0.05, 0.1) is 41.6 Å². The molecule has 0 saturated carbocycles. The first-order valence-corrected chi connectivity index (χ1v) is 12.8. The molecule has 0 aliphatic heterocycles. The van der Waals surface area contributed by atoms with Gasteiger partial charge in [0, 0.05) is 43.1 Å². The lowest BCUT2D eigenvalue weighted by Crippen LogP contribution is -2.23. The summed E-state index contributed by atoms with van der Waals surface area (Å²) in [6.45, 7) is -0.0928. The smallest absolute Gasteiger partial charge is 0.335 e. The minimum atomic E-state index is -1.32. The minimum Gasteiger partial charge on any atom is -0.478 e. The van der Waals surface area contributed by atoms with E-state index in [1.165, 1.54) is 48.1 Å². The molecule has 1 N–H and O–H groups in total. The maximum atomic E-state index is 15.4. The SMILES string of the molecule is COCCn1c(Cn2cc(F)c(-c3cccc(OCc4ccc(C#N)cc4F)n3)cc2=O)nc2c(F)cc(C(=O)O)cc21. The summed E-state index contributed by atoms with van der Waals surface area (Å²) in [5.74, 6) is -3.34. The average molecular weight is 590 g/mol. The second kappa shape index (κ2) is 12.2. The molecule has 0 fully saturated rings. The van der Waals surface area contributed by atoms with E-state index in [1.807, 2.05) is 6.07 Å². The van der Waals surface area contributed by atoms with Gasteiger partial charge in [-0.3, -0.25) is 4.79 Å². The number of nitriles is 1. The Labute approximate surface area is 241 Å². The monoisotopic (exact) mass is 589 g/mol. The molecule has 0 aliphatic carbocycles. The van der Waals surface area contributed by atoms with Gasteiger partial charge >= 0.3 is 5.97 Å². The van der Waals surface area contributed by atoms with Gasteiger partial charge in [0.25, 0.3) is 5.56 Å². The molecule has 5 rings (SSSR count). The van der Waals surface area contributed by atoms with Crippen LogP contribution in [-0.2, 0) is 24.4 Å². The molecule has 0 radical (unpaired) electrons. The van der Waals surface area contributed by atoms with Crippen molar-refractivity contribution in [3.05, 3.63) is 111 Å². The summed E-state index contributed by atoms with van der Waals surface area (Å²) in [6, 6.07) is 13.5. The number of halogens is 3. The summed E-state index contributed by atoms with van der Waals surface area (Å²) < 4.78 is 57.5. The van der Waals surface area contributed by atoms with Crippen molar-refractivity contribution in [3.63, 3.8) is 0 Å². The zero-order valence-corrected chi connectivity index (χ0v) is 22.6. The number of aromatic carboxylic acids is 1. The lowest BCUT2D eigenvalue weighted by molar-refractivity contribution is 0.0696. The van der Waals surface area contributed by atoms with E-state index < -0.39 is 29.0 Å². The number of carboxylic acid groups (broad SMARTS) is 1. The number of carbonyl (C=O) groups is 1. The molecule has 5 aromatic rings. The number of methoxy groups -OCH3 is 1. The quantitative estimate of drug-likeness (QED) is 0.252. The molecule has 0 aliphatic rings. The number of imidazole rings is 1. The standard InChI is InChI=1S/C30H22F3N5O5/c1-42-8-7-38-25-11-19(30(40)41)10-22(32)29(25)36-26(38)15-37-14-23(33)20(12-28(37)39)24-3-2-4-27(35-24)43-16-18-6-5-17(13-34)9-21(18)31/h2-6,9-12,14H,7-8,15-16H2,1H3,(H,40,41). The van der Waals surface area contributed by atoms with E-state index in [1.54, 1.807) is 0 Å². The Hall–Kier alpha value is -5.48. The Kier molecular flexibility index (Phi) is 8.22. The van der Waals surface area contributed by atoms with Crippen LogP contribution in [-0.4, -0.2) is 43.9 Å². The van der Waals surface area contributed by atoms with Crippen LogP contribution in [0, 0.1) is 28.8 Å². The van der Waals surface area contributed by atoms with Gasteiger partial charge in [0.1, 0.15) is 29.6 Å². The van der Waals surface area contributed by atoms with Crippen molar-refractivity contribution in [1.29, 1.82) is 5.26 Å². The summed E-state index contributed by atoms with van der Waals surface area (Å²) >= 11 is 0. The number of rotatable bonds is 10. The largest absolute Gasteiger partial charge is 0.478 e. The second-order valence-corrected chi connectivity index (χ2v) is 9.37. The molecular weight excluding hydrogens is 567 g/mol. The van der Waals surface area contributed by atoms with Gasteiger partial charge < -0.3 is 23.7 Å².